The molecule has 2 rings (SSSR count). The molecule has 7 nitrogen and oxygen atoms in total. The lowest BCUT2D eigenvalue weighted by molar-refractivity contribution is -0.125. The van der Waals surface area contributed by atoms with E-state index >= 15 is 0 Å². The van der Waals surface area contributed by atoms with E-state index in [-0.39, 0.29) is 13.2 Å². The SMILES string of the molecule is COc1ccc(NC(=O)CNC(=O)COc2ccccc2OC)cc1Cl. The van der Waals surface area contributed by atoms with E-state index in [9.17, 15) is 9.59 Å². The fraction of sp³-hybridized carbons (Fsp3) is 0.222. The number of benzene rings is 2. The Morgan fingerprint density at radius 3 is 2.31 bits per heavy atom. The molecule has 2 aromatic rings. The molecule has 138 valence electrons. The van der Waals surface area contributed by atoms with Gasteiger partial charge in [-0.2, -0.15) is 0 Å². The summed E-state index contributed by atoms with van der Waals surface area (Å²) in [6.45, 7) is -0.431. The molecule has 0 spiro atoms. The second-order valence-electron chi connectivity index (χ2n) is 5.11. The van der Waals surface area contributed by atoms with Crippen molar-refractivity contribution in [2.45, 2.75) is 0 Å². The van der Waals surface area contributed by atoms with Crippen LogP contribution in [0, 0.1) is 0 Å². The van der Waals surface area contributed by atoms with Gasteiger partial charge in [-0.1, -0.05) is 23.7 Å². The third-order valence-electron chi connectivity index (χ3n) is 3.31. The van der Waals surface area contributed by atoms with E-state index in [2.05, 4.69) is 10.6 Å². The Morgan fingerprint density at radius 1 is 0.962 bits per heavy atom. The minimum absolute atomic E-state index is 0.197. The highest BCUT2D eigenvalue weighted by atomic mass is 35.5. The zero-order valence-corrected chi connectivity index (χ0v) is 15.1. The topological polar surface area (TPSA) is 85.9 Å². The van der Waals surface area contributed by atoms with Gasteiger partial charge in [0.05, 0.1) is 25.8 Å². The van der Waals surface area contributed by atoms with Gasteiger partial charge >= 0.3 is 0 Å². The summed E-state index contributed by atoms with van der Waals surface area (Å²) in [6, 6.07) is 11.8. The van der Waals surface area contributed by atoms with E-state index < -0.39 is 11.8 Å². The fourth-order valence-electron chi connectivity index (χ4n) is 2.06. The van der Waals surface area contributed by atoms with Crippen molar-refractivity contribution in [1.29, 1.82) is 0 Å². The number of halogens is 1. The van der Waals surface area contributed by atoms with E-state index in [0.717, 1.165) is 0 Å². The van der Waals surface area contributed by atoms with Crippen molar-refractivity contribution in [1.82, 2.24) is 5.32 Å². The Labute approximate surface area is 156 Å². The number of para-hydroxylation sites is 2. The summed E-state index contributed by atoms with van der Waals surface area (Å²) >= 11 is 5.99. The summed E-state index contributed by atoms with van der Waals surface area (Å²) in [7, 11) is 3.01. The number of carbonyl (C=O) groups is 2. The Balaban J connectivity index is 1.78. The molecule has 0 aliphatic carbocycles. The highest BCUT2D eigenvalue weighted by Crippen LogP contribution is 2.27. The molecule has 0 unspecified atom stereocenters. The van der Waals surface area contributed by atoms with E-state index in [1.807, 2.05) is 0 Å². The Bertz CT molecular complexity index is 782. The molecule has 0 fully saturated rings. The molecule has 0 aromatic heterocycles. The average Bonchev–Trinajstić information content (AvgIpc) is 2.65. The van der Waals surface area contributed by atoms with Crippen molar-refractivity contribution >= 4 is 29.1 Å². The normalized spacial score (nSPS) is 9.96. The second-order valence-corrected chi connectivity index (χ2v) is 5.52. The van der Waals surface area contributed by atoms with Crippen LogP contribution >= 0.6 is 11.6 Å². The summed E-state index contributed by atoms with van der Waals surface area (Å²) < 4.78 is 15.5. The molecule has 8 heteroatoms. The minimum atomic E-state index is -0.432. The molecule has 26 heavy (non-hydrogen) atoms. The number of methoxy groups -OCH3 is 2. The third-order valence-corrected chi connectivity index (χ3v) is 3.60. The van der Waals surface area contributed by atoms with Crippen LogP contribution in [0.3, 0.4) is 0 Å². The molecule has 0 aliphatic rings. The quantitative estimate of drug-likeness (QED) is 0.737. The van der Waals surface area contributed by atoms with Gasteiger partial charge in [0, 0.05) is 5.69 Å². The van der Waals surface area contributed by atoms with Gasteiger partial charge in [-0.3, -0.25) is 9.59 Å². The molecule has 0 aliphatic heterocycles. The van der Waals surface area contributed by atoms with Crippen LogP contribution in [0.1, 0.15) is 0 Å². The number of nitrogens with one attached hydrogen (secondary N) is 2. The van der Waals surface area contributed by atoms with E-state index in [0.29, 0.717) is 28.0 Å². The molecule has 2 amide bonds. The smallest absolute Gasteiger partial charge is 0.258 e. The summed E-state index contributed by atoms with van der Waals surface area (Å²) in [4.78, 5) is 23.7. The first-order chi connectivity index (χ1) is 12.5. The summed E-state index contributed by atoms with van der Waals surface area (Å²) in [6.07, 6.45) is 0. The zero-order chi connectivity index (χ0) is 18.9. The third kappa shape index (κ3) is 5.56. The predicted molar refractivity (Wildman–Crippen MR) is 98.1 cm³/mol. The van der Waals surface area contributed by atoms with Crippen molar-refractivity contribution in [2.75, 3.05) is 32.7 Å². The number of rotatable bonds is 8. The number of amides is 2. The van der Waals surface area contributed by atoms with Crippen LogP contribution in [-0.4, -0.2) is 39.2 Å². The van der Waals surface area contributed by atoms with Crippen LogP contribution in [0.4, 0.5) is 5.69 Å². The maximum atomic E-state index is 11.9. The van der Waals surface area contributed by atoms with Gasteiger partial charge in [0.15, 0.2) is 18.1 Å². The first kappa shape index (κ1) is 19.4. The number of hydrogen-bond donors (Lipinski definition) is 2. The van der Waals surface area contributed by atoms with E-state index in [1.54, 1.807) is 42.5 Å². The Hall–Kier alpha value is -2.93. The lowest BCUT2D eigenvalue weighted by Crippen LogP contribution is -2.35. The molecule has 2 N–H and O–H groups in total. The predicted octanol–water partition coefficient (Wildman–Crippen LogP) is 2.49. The van der Waals surface area contributed by atoms with Crippen LogP contribution in [-0.2, 0) is 9.59 Å². The Kier molecular flexibility index (Phi) is 7.11. The largest absolute Gasteiger partial charge is 0.495 e. The molecule has 0 atom stereocenters. The molecular weight excluding hydrogens is 360 g/mol. The zero-order valence-electron chi connectivity index (χ0n) is 14.4. The number of anilines is 1. The van der Waals surface area contributed by atoms with Gasteiger partial charge in [-0.15, -0.1) is 0 Å². The molecule has 0 saturated carbocycles. The van der Waals surface area contributed by atoms with E-state index in [1.165, 1.54) is 14.2 Å². The number of ether oxygens (including phenoxy) is 3. The Morgan fingerprint density at radius 2 is 1.65 bits per heavy atom. The molecule has 0 radical (unpaired) electrons. The van der Waals surface area contributed by atoms with Crippen LogP contribution in [0.2, 0.25) is 5.02 Å². The molecule has 0 bridgehead atoms. The second kappa shape index (κ2) is 9.53. The monoisotopic (exact) mass is 378 g/mol. The van der Waals surface area contributed by atoms with Gasteiger partial charge in [0.25, 0.3) is 5.91 Å². The van der Waals surface area contributed by atoms with Crippen molar-refractivity contribution < 1.29 is 23.8 Å². The maximum absolute atomic E-state index is 11.9. The lowest BCUT2D eigenvalue weighted by Gasteiger charge is -2.11. The van der Waals surface area contributed by atoms with Crippen molar-refractivity contribution in [3.63, 3.8) is 0 Å². The van der Waals surface area contributed by atoms with Crippen molar-refractivity contribution in [3.8, 4) is 17.2 Å². The first-order valence-electron chi connectivity index (χ1n) is 7.69. The summed E-state index contributed by atoms with van der Waals surface area (Å²) in [5.74, 6) is 0.652. The first-order valence-corrected chi connectivity index (χ1v) is 8.07. The minimum Gasteiger partial charge on any atom is -0.495 e. The lowest BCUT2D eigenvalue weighted by atomic mass is 10.3. The van der Waals surface area contributed by atoms with E-state index in [4.69, 9.17) is 25.8 Å². The van der Waals surface area contributed by atoms with Gasteiger partial charge in [0.1, 0.15) is 5.75 Å². The standard InChI is InChI=1S/C18H19ClN2O5/c1-24-14-8-7-12(9-13(14)19)21-17(22)10-20-18(23)11-26-16-6-4-3-5-15(16)25-2/h3-9H,10-11H2,1-2H3,(H,20,23)(H,21,22). The summed E-state index contributed by atoms with van der Waals surface area (Å²) in [5, 5.41) is 5.47. The molecule has 0 heterocycles. The molecule has 2 aromatic carbocycles. The van der Waals surface area contributed by atoms with Gasteiger partial charge in [0.2, 0.25) is 5.91 Å². The molecular formula is C18H19ClN2O5. The fourth-order valence-corrected chi connectivity index (χ4v) is 2.32. The maximum Gasteiger partial charge on any atom is 0.258 e. The average molecular weight is 379 g/mol. The van der Waals surface area contributed by atoms with Crippen LogP contribution in [0.5, 0.6) is 17.2 Å². The van der Waals surface area contributed by atoms with Crippen LogP contribution < -0.4 is 24.8 Å². The summed E-state index contributed by atoms with van der Waals surface area (Å²) in [5.41, 5.74) is 0.500. The number of hydrogen-bond acceptors (Lipinski definition) is 5. The van der Waals surface area contributed by atoms with Crippen LogP contribution in [0.15, 0.2) is 42.5 Å². The highest BCUT2D eigenvalue weighted by Gasteiger charge is 2.10. The molecule has 0 saturated heterocycles. The highest BCUT2D eigenvalue weighted by molar-refractivity contribution is 6.32. The van der Waals surface area contributed by atoms with Crippen LogP contribution in [0.25, 0.3) is 0 Å². The van der Waals surface area contributed by atoms with Crippen molar-refractivity contribution in [2.24, 2.45) is 0 Å². The number of carbonyl (C=O) groups excluding carboxylic acids is 2. The van der Waals surface area contributed by atoms with Gasteiger partial charge < -0.3 is 24.8 Å². The van der Waals surface area contributed by atoms with Crippen molar-refractivity contribution in [3.05, 3.63) is 47.5 Å². The van der Waals surface area contributed by atoms with Gasteiger partial charge in [-0.25, -0.2) is 0 Å². The van der Waals surface area contributed by atoms with Gasteiger partial charge in [-0.05, 0) is 30.3 Å².